The number of fused-ring (bicyclic) bond motifs is 1. The third-order valence-electron chi connectivity index (χ3n) is 4.03. The number of rotatable bonds is 2. The van der Waals surface area contributed by atoms with E-state index in [1.807, 2.05) is 35.2 Å². The molecule has 1 aliphatic rings. The number of hydrogen-bond acceptors (Lipinski definition) is 4. The zero-order chi connectivity index (χ0) is 15.6. The molecular formula is C18H15N3OS. The van der Waals surface area contributed by atoms with Gasteiger partial charge in [0.25, 0.3) is 5.91 Å². The molecule has 0 saturated heterocycles. The molecule has 1 aromatic carbocycles. The van der Waals surface area contributed by atoms with Crippen LogP contribution in [0.15, 0.2) is 54.2 Å². The molecule has 4 rings (SSSR count). The Morgan fingerprint density at radius 3 is 2.65 bits per heavy atom. The number of benzene rings is 1. The molecule has 0 spiro atoms. The van der Waals surface area contributed by atoms with E-state index in [1.165, 1.54) is 10.4 Å². The molecule has 0 N–H and O–H groups in total. The highest BCUT2D eigenvalue weighted by molar-refractivity contribution is 7.10. The van der Waals surface area contributed by atoms with Crippen molar-refractivity contribution >= 4 is 17.2 Å². The molecule has 0 radical (unpaired) electrons. The summed E-state index contributed by atoms with van der Waals surface area (Å²) in [6, 6.07) is 11.9. The van der Waals surface area contributed by atoms with Gasteiger partial charge in [-0.2, -0.15) is 0 Å². The first-order valence-corrected chi connectivity index (χ1v) is 8.41. The smallest absolute Gasteiger partial charge is 0.257 e. The SMILES string of the molecule is O=C(c1cnc(-c2ccccc2)nc1)N1CCc2sccc2C1. The molecular weight excluding hydrogens is 306 g/mol. The largest absolute Gasteiger partial charge is 0.334 e. The Bertz CT molecular complexity index is 827. The van der Waals surface area contributed by atoms with Gasteiger partial charge in [-0.3, -0.25) is 4.79 Å². The lowest BCUT2D eigenvalue weighted by Gasteiger charge is -2.26. The Morgan fingerprint density at radius 2 is 1.87 bits per heavy atom. The molecule has 1 amide bonds. The second-order valence-corrected chi connectivity index (χ2v) is 6.51. The number of thiophene rings is 1. The lowest BCUT2D eigenvalue weighted by molar-refractivity contribution is 0.0735. The van der Waals surface area contributed by atoms with Gasteiger partial charge >= 0.3 is 0 Å². The molecule has 0 atom stereocenters. The topological polar surface area (TPSA) is 46.1 Å². The van der Waals surface area contributed by atoms with Gasteiger partial charge in [-0.15, -0.1) is 11.3 Å². The summed E-state index contributed by atoms with van der Waals surface area (Å²) in [6.07, 6.45) is 4.18. The average Bonchev–Trinajstić information content (AvgIpc) is 3.10. The van der Waals surface area contributed by atoms with Crippen LogP contribution < -0.4 is 0 Å². The van der Waals surface area contributed by atoms with E-state index in [1.54, 1.807) is 23.7 Å². The van der Waals surface area contributed by atoms with E-state index in [2.05, 4.69) is 21.4 Å². The molecule has 114 valence electrons. The van der Waals surface area contributed by atoms with E-state index in [4.69, 9.17) is 0 Å². The van der Waals surface area contributed by atoms with E-state index in [0.29, 0.717) is 17.9 Å². The summed E-state index contributed by atoms with van der Waals surface area (Å²) < 4.78 is 0. The van der Waals surface area contributed by atoms with Crippen LogP contribution in [-0.2, 0) is 13.0 Å². The van der Waals surface area contributed by atoms with Gasteiger partial charge in [-0.1, -0.05) is 30.3 Å². The highest BCUT2D eigenvalue weighted by Crippen LogP contribution is 2.25. The minimum Gasteiger partial charge on any atom is -0.334 e. The van der Waals surface area contributed by atoms with Gasteiger partial charge in [0.15, 0.2) is 5.82 Å². The molecule has 5 heteroatoms. The Kier molecular flexibility index (Phi) is 3.63. The van der Waals surface area contributed by atoms with E-state index >= 15 is 0 Å². The number of nitrogens with zero attached hydrogens (tertiary/aromatic N) is 3. The Labute approximate surface area is 138 Å². The van der Waals surface area contributed by atoms with Gasteiger partial charge in [0.2, 0.25) is 0 Å². The maximum atomic E-state index is 12.6. The summed E-state index contributed by atoms with van der Waals surface area (Å²) in [4.78, 5) is 24.6. The third kappa shape index (κ3) is 2.75. The van der Waals surface area contributed by atoms with E-state index in [0.717, 1.165) is 18.5 Å². The lowest BCUT2D eigenvalue weighted by Crippen LogP contribution is -2.35. The van der Waals surface area contributed by atoms with E-state index < -0.39 is 0 Å². The molecule has 3 heterocycles. The molecule has 0 fully saturated rings. The molecule has 3 aromatic rings. The first-order valence-electron chi connectivity index (χ1n) is 7.53. The van der Waals surface area contributed by atoms with Gasteiger partial charge in [0.1, 0.15) is 0 Å². The van der Waals surface area contributed by atoms with Gasteiger partial charge in [-0.25, -0.2) is 9.97 Å². The molecule has 0 saturated carbocycles. The van der Waals surface area contributed by atoms with Crippen molar-refractivity contribution in [2.75, 3.05) is 6.54 Å². The van der Waals surface area contributed by atoms with Crippen LogP contribution in [-0.4, -0.2) is 27.3 Å². The van der Waals surface area contributed by atoms with Crippen molar-refractivity contribution < 1.29 is 4.79 Å². The molecule has 0 unspecified atom stereocenters. The summed E-state index contributed by atoms with van der Waals surface area (Å²) in [7, 11) is 0. The van der Waals surface area contributed by atoms with E-state index in [9.17, 15) is 4.79 Å². The van der Waals surface area contributed by atoms with Crippen LogP contribution in [0, 0.1) is 0 Å². The van der Waals surface area contributed by atoms with Crippen LogP contribution in [0.1, 0.15) is 20.8 Å². The second kappa shape index (κ2) is 5.93. The van der Waals surface area contributed by atoms with Crippen molar-refractivity contribution in [1.29, 1.82) is 0 Å². The average molecular weight is 321 g/mol. The predicted molar refractivity (Wildman–Crippen MR) is 90.2 cm³/mol. The predicted octanol–water partition coefficient (Wildman–Crippen LogP) is 3.40. The molecule has 1 aliphatic heterocycles. The van der Waals surface area contributed by atoms with Gasteiger partial charge in [0, 0.05) is 35.9 Å². The standard InChI is InChI=1S/C18H15N3OS/c22-18(21-8-6-16-14(12-21)7-9-23-16)15-10-19-17(20-11-15)13-4-2-1-3-5-13/h1-5,7,9-11H,6,8,12H2. The van der Waals surface area contributed by atoms with E-state index in [-0.39, 0.29) is 5.91 Å². The maximum absolute atomic E-state index is 12.6. The number of carbonyl (C=O) groups excluding carboxylic acids is 1. The zero-order valence-electron chi connectivity index (χ0n) is 12.5. The normalized spacial score (nSPS) is 13.7. The van der Waals surface area contributed by atoms with Crippen molar-refractivity contribution in [2.24, 2.45) is 0 Å². The molecule has 2 aromatic heterocycles. The summed E-state index contributed by atoms with van der Waals surface area (Å²) in [5.41, 5.74) is 2.76. The van der Waals surface area contributed by atoms with Gasteiger partial charge in [-0.05, 0) is 23.4 Å². The summed E-state index contributed by atoms with van der Waals surface area (Å²) in [5, 5.41) is 2.09. The first kappa shape index (κ1) is 14.1. The highest BCUT2D eigenvalue weighted by atomic mass is 32.1. The van der Waals surface area contributed by atoms with Crippen LogP contribution in [0.3, 0.4) is 0 Å². The van der Waals surface area contributed by atoms with Crippen LogP contribution in [0.2, 0.25) is 0 Å². The summed E-state index contributed by atoms with van der Waals surface area (Å²) in [5.74, 6) is 0.641. The fourth-order valence-electron chi connectivity index (χ4n) is 2.78. The van der Waals surface area contributed by atoms with Crippen molar-refractivity contribution in [3.05, 3.63) is 70.2 Å². The van der Waals surface area contributed by atoms with Crippen LogP contribution >= 0.6 is 11.3 Å². The van der Waals surface area contributed by atoms with Crippen LogP contribution in [0.25, 0.3) is 11.4 Å². The fourth-order valence-corrected chi connectivity index (χ4v) is 3.67. The van der Waals surface area contributed by atoms with Crippen molar-refractivity contribution in [2.45, 2.75) is 13.0 Å². The van der Waals surface area contributed by atoms with Crippen LogP contribution in [0.5, 0.6) is 0 Å². The molecule has 4 nitrogen and oxygen atoms in total. The second-order valence-electron chi connectivity index (χ2n) is 5.51. The number of aromatic nitrogens is 2. The monoisotopic (exact) mass is 321 g/mol. The number of amides is 1. The van der Waals surface area contributed by atoms with Crippen molar-refractivity contribution in [3.8, 4) is 11.4 Å². The number of carbonyl (C=O) groups is 1. The number of hydrogen-bond donors (Lipinski definition) is 0. The van der Waals surface area contributed by atoms with Crippen molar-refractivity contribution in [1.82, 2.24) is 14.9 Å². The Morgan fingerprint density at radius 1 is 1.09 bits per heavy atom. The van der Waals surface area contributed by atoms with Crippen LogP contribution in [0.4, 0.5) is 0 Å². The Hall–Kier alpha value is -2.53. The first-order chi connectivity index (χ1) is 11.3. The molecule has 0 aliphatic carbocycles. The van der Waals surface area contributed by atoms with Crippen molar-refractivity contribution in [3.63, 3.8) is 0 Å². The molecule has 0 bridgehead atoms. The minimum atomic E-state index is 0.00135. The third-order valence-corrected chi connectivity index (χ3v) is 5.05. The molecule has 23 heavy (non-hydrogen) atoms. The van der Waals surface area contributed by atoms with Gasteiger partial charge < -0.3 is 4.90 Å². The Balaban J connectivity index is 1.53. The summed E-state index contributed by atoms with van der Waals surface area (Å²) in [6.45, 7) is 1.44. The minimum absolute atomic E-state index is 0.00135. The van der Waals surface area contributed by atoms with Gasteiger partial charge in [0.05, 0.1) is 5.56 Å². The summed E-state index contributed by atoms with van der Waals surface area (Å²) >= 11 is 1.77. The maximum Gasteiger partial charge on any atom is 0.257 e. The lowest BCUT2D eigenvalue weighted by atomic mass is 10.1. The highest BCUT2D eigenvalue weighted by Gasteiger charge is 2.22. The quantitative estimate of drug-likeness (QED) is 0.727. The fraction of sp³-hybridized carbons (Fsp3) is 0.167. The zero-order valence-corrected chi connectivity index (χ0v) is 13.3.